The van der Waals surface area contributed by atoms with E-state index in [2.05, 4.69) is 133 Å². The normalized spacial score (nSPS) is 16.8. The van der Waals surface area contributed by atoms with Crippen LogP contribution in [0.15, 0.2) is 164 Å². The molecule has 5 nitrogen and oxygen atoms in total. The molecule has 0 radical (unpaired) electrons. The number of nitrogens with zero attached hydrogens (tertiary/aromatic N) is 4. The summed E-state index contributed by atoms with van der Waals surface area (Å²) in [5.41, 5.74) is 14.6. The molecule has 3 aliphatic rings. The molecule has 9 aromatic rings. The van der Waals surface area contributed by atoms with Crippen LogP contribution in [0.1, 0.15) is 35.1 Å². The first-order valence-electron chi connectivity index (χ1n) is 18.5. The molecule has 2 aliphatic carbocycles. The van der Waals surface area contributed by atoms with Crippen molar-refractivity contribution < 1.29 is 4.74 Å². The predicted molar refractivity (Wildman–Crippen MR) is 217 cm³/mol. The van der Waals surface area contributed by atoms with Crippen molar-refractivity contribution in [1.82, 2.24) is 19.9 Å². The lowest BCUT2D eigenvalue weighted by Gasteiger charge is -2.41. The van der Waals surface area contributed by atoms with E-state index in [0.717, 1.165) is 102 Å². The Morgan fingerprint density at radius 3 is 1.80 bits per heavy atom. The van der Waals surface area contributed by atoms with Gasteiger partial charge in [0, 0.05) is 56.2 Å². The molecule has 1 aliphatic heterocycles. The maximum atomic E-state index is 6.79. The van der Waals surface area contributed by atoms with Crippen molar-refractivity contribution in [1.29, 1.82) is 0 Å². The van der Waals surface area contributed by atoms with Gasteiger partial charge in [-0.05, 0) is 89.7 Å². The van der Waals surface area contributed by atoms with Crippen molar-refractivity contribution in [3.05, 3.63) is 186 Å². The summed E-state index contributed by atoms with van der Waals surface area (Å²) < 4.78 is 6.79. The van der Waals surface area contributed by atoms with Crippen LogP contribution in [0.2, 0.25) is 0 Å². The molecule has 12 rings (SSSR count). The van der Waals surface area contributed by atoms with E-state index in [9.17, 15) is 0 Å². The number of aromatic nitrogens is 4. The maximum Gasteiger partial charge on any atom is 0.132 e. The number of pyridine rings is 4. The largest absolute Gasteiger partial charge is 0.457 e. The van der Waals surface area contributed by atoms with Gasteiger partial charge in [-0.2, -0.15) is 0 Å². The molecule has 1 atom stereocenters. The average Bonchev–Trinajstić information content (AvgIpc) is 3.53. The van der Waals surface area contributed by atoms with E-state index in [1.165, 1.54) is 22.3 Å². The number of ether oxygens (including phenoxy) is 1. The minimum atomic E-state index is -0.568. The first kappa shape index (κ1) is 29.6. The van der Waals surface area contributed by atoms with Crippen molar-refractivity contribution in [2.75, 3.05) is 0 Å². The van der Waals surface area contributed by atoms with Crippen molar-refractivity contribution in [2.24, 2.45) is 0 Å². The molecule has 1 unspecified atom stereocenters. The summed E-state index contributed by atoms with van der Waals surface area (Å²) in [4.78, 5) is 20.0. The molecule has 252 valence electrons. The summed E-state index contributed by atoms with van der Waals surface area (Å²) in [5.74, 6) is 1.76. The molecule has 5 heterocycles. The Morgan fingerprint density at radius 2 is 1.09 bits per heavy atom. The van der Waals surface area contributed by atoms with E-state index < -0.39 is 5.41 Å². The van der Waals surface area contributed by atoms with Crippen LogP contribution in [-0.2, 0) is 5.41 Å². The molecule has 0 N–H and O–H groups in total. The SMILES string of the molecule is C1=CC2=C(CC1)C1(c3ccccc3Oc3ccc(-c4ccc5ccc6cccnc6c5n4)cc31)c1cc(-c3ccc4ccc5cccnc5c4n3)ccc12. The second-order valence-electron chi connectivity index (χ2n) is 14.5. The van der Waals surface area contributed by atoms with Gasteiger partial charge in [0.05, 0.1) is 38.9 Å². The Bertz CT molecular complexity index is 3160. The lowest BCUT2D eigenvalue weighted by atomic mass is 9.63. The summed E-state index contributed by atoms with van der Waals surface area (Å²) in [6.07, 6.45) is 10.3. The highest BCUT2D eigenvalue weighted by molar-refractivity contribution is 6.04. The van der Waals surface area contributed by atoms with Crippen LogP contribution in [0, 0.1) is 0 Å². The Kier molecular flexibility index (Phi) is 6.03. The Morgan fingerprint density at radius 1 is 0.500 bits per heavy atom. The van der Waals surface area contributed by atoms with Gasteiger partial charge in [0.2, 0.25) is 0 Å². The Hall–Kier alpha value is -6.98. The molecule has 0 saturated carbocycles. The number of hydrogen-bond acceptors (Lipinski definition) is 5. The topological polar surface area (TPSA) is 60.8 Å². The van der Waals surface area contributed by atoms with Crippen molar-refractivity contribution in [2.45, 2.75) is 18.3 Å². The molecule has 4 aromatic heterocycles. The molecule has 0 bridgehead atoms. The van der Waals surface area contributed by atoms with E-state index in [1.54, 1.807) is 0 Å². The van der Waals surface area contributed by atoms with Gasteiger partial charge in [0.15, 0.2) is 0 Å². The van der Waals surface area contributed by atoms with Crippen molar-refractivity contribution in [3.8, 4) is 34.0 Å². The highest BCUT2D eigenvalue weighted by Crippen LogP contribution is 2.63. The molecule has 0 fully saturated rings. The minimum Gasteiger partial charge on any atom is -0.457 e. The molecule has 0 saturated heterocycles. The van der Waals surface area contributed by atoms with Gasteiger partial charge in [-0.3, -0.25) is 9.97 Å². The number of benzene rings is 5. The fraction of sp³-hybridized carbons (Fsp3) is 0.0612. The lowest BCUT2D eigenvalue weighted by molar-refractivity contribution is 0.432. The van der Waals surface area contributed by atoms with E-state index in [-0.39, 0.29) is 0 Å². The van der Waals surface area contributed by atoms with Crippen LogP contribution < -0.4 is 4.74 Å². The van der Waals surface area contributed by atoms with Gasteiger partial charge >= 0.3 is 0 Å². The molecule has 1 spiro atoms. The zero-order valence-electron chi connectivity index (χ0n) is 29.1. The minimum absolute atomic E-state index is 0.568. The monoisotopic (exact) mass is 690 g/mol. The highest BCUT2D eigenvalue weighted by Gasteiger charge is 2.52. The maximum absolute atomic E-state index is 6.79. The Labute approximate surface area is 311 Å². The van der Waals surface area contributed by atoms with Gasteiger partial charge in [-0.1, -0.05) is 91.0 Å². The Balaban J connectivity index is 1.11. The fourth-order valence-corrected chi connectivity index (χ4v) is 9.30. The summed E-state index contributed by atoms with van der Waals surface area (Å²) >= 11 is 0. The third-order valence-electron chi connectivity index (χ3n) is 11.7. The summed E-state index contributed by atoms with van der Waals surface area (Å²) in [6.45, 7) is 0. The van der Waals surface area contributed by atoms with Crippen LogP contribution in [0.25, 0.3) is 71.7 Å². The summed E-state index contributed by atoms with van der Waals surface area (Å²) in [5, 5.41) is 4.32. The van der Waals surface area contributed by atoms with E-state index in [0.29, 0.717) is 0 Å². The van der Waals surface area contributed by atoms with Gasteiger partial charge < -0.3 is 4.74 Å². The number of para-hydroxylation sites is 1. The zero-order valence-corrected chi connectivity index (χ0v) is 29.1. The molecule has 5 aromatic carbocycles. The first-order chi connectivity index (χ1) is 26.7. The molecule has 0 amide bonds. The van der Waals surface area contributed by atoms with Crippen molar-refractivity contribution >= 4 is 49.2 Å². The van der Waals surface area contributed by atoms with E-state index >= 15 is 0 Å². The summed E-state index contributed by atoms with van der Waals surface area (Å²) in [7, 11) is 0. The smallest absolute Gasteiger partial charge is 0.132 e. The standard InChI is InChI=1S/C49H30N4O/c1-2-10-37-35(9-1)36-21-17-33(41-22-18-31-15-13-29-7-5-25-50-45(29)47(31)52-41)27-39(36)49(37)38-11-3-4-12-43(38)54-44-24-20-34(28-40(44)49)42-23-19-32-16-14-30-8-6-26-51-46(30)48(32)53-42/h1,3-9,11-28H,2,10H2. The van der Waals surface area contributed by atoms with Gasteiger partial charge in [0.25, 0.3) is 0 Å². The van der Waals surface area contributed by atoms with Gasteiger partial charge in [-0.25, -0.2) is 9.97 Å². The number of fused-ring (bicyclic) bond motifs is 14. The first-order valence-corrected chi connectivity index (χ1v) is 18.5. The number of allylic oxidation sites excluding steroid dienone is 4. The summed E-state index contributed by atoms with van der Waals surface area (Å²) in [6, 6.07) is 47.4. The van der Waals surface area contributed by atoms with Crippen LogP contribution in [0.3, 0.4) is 0 Å². The van der Waals surface area contributed by atoms with Crippen molar-refractivity contribution in [3.63, 3.8) is 0 Å². The predicted octanol–water partition coefficient (Wildman–Crippen LogP) is 11.8. The van der Waals surface area contributed by atoms with Gasteiger partial charge in [0.1, 0.15) is 11.5 Å². The van der Waals surface area contributed by atoms with E-state index in [4.69, 9.17) is 24.7 Å². The quantitative estimate of drug-likeness (QED) is 0.169. The van der Waals surface area contributed by atoms with Crippen LogP contribution >= 0.6 is 0 Å². The number of rotatable bonds is 2. The molecular formula is C49H30N4O. The van der Waals surface area contributed by atoms with Crippen LogP contribution in [-0.4, -0.2) is 19.9 Å². The third-order valence-corrected chi connectivity index (χ3v) is 11.7. The highest BCUT2D eigenvalue weighted by atomic mass is 16.5. The molecule has 5 heteroatoms. The van der Waals surface area contributed by atoms with Crippen LogP contribution in [0.4, 0.5) is 0 Å². The van der Waals surface area contributed by atoms with E-state index in [1.807, 2.05) is 24.5 Å². The average molecular weight is 691 g/mol. The number of hydrogen-bond donors (Lipinski definition) is 0. The third kappa shape index (κ3) is 4.04. The lowest BCUT2D eigenvalue weighted by Crippen LogP contribution is -2.33. The molecule has 54 heavy (non-hydrogen) atoms. The van der Waals surface area contributed by atoms with Gasteiger partial charge in [-0.15, -0.1) is 0 Å². The van der Waals surface area contributed by atoms with Crippen LogP contribution in [0.5, 0.6) is 11.5 Å². The molecular weight excluding hydrogens is 661 g/mol. The second kappa shape index (κ2) is 11.0. The fourth-order valence-electron chi connectivity index (χ4n) is 9.30. The second-order valence-corrected chi connectivity index (χ2v) is 14.5. The zero-order chi connectivity index (χ0) is 35.4.